The minimum Gasteiger partial charge on any atom is -0.326 e. The monoisotopic (exact) mass is 198 g/mol. The number of rotatable bonds is 2. The van der Waals surface area contributed by atoms with Crippen LogP contribution in [-0.2, 0) is 6.54 Å². The number of hydrogen-bond donors (Lipinski definition) is 1. The summed E-state index contributed by atoms with van der Waals surface area (Å²) in [5, 5.41) is 0. The third-order valence-corrected chi connectivity index (χ3v) is 2.64. The maximum absolute atomic E-state index is 5.63. The lowest BCUT2D eigenvalue weighted by Crippen LogP contribution is -2.14. The molecule has 72 valence electrons. The molecule has 1 aliphatic rings. The summed E-state index contributed by atoms with van der Waals surface area (Å²) in [6.07, 6.45) is 5.81. The number of hydrogen-bond acceptors (Lipinski definition) is 2. The number of nitrogens with zero attached hydrogens (tertiary/aromatic N) is 1. The summed E-state index contributed by atoms with van der Waals surface area (Å²) in [6.45, 7) is 0.625. The highest BCUT2D eigenvalue weighted by Crippen LogP contribution is 2.36. The van der Waals surface area contributed by atoms with Gasteiger partial charge >= 0.3 is 0 Å². The van der Waals surface area contributed by atoms with Gasteiger partial charge in [0.1, 0.15) is 0 Å². The molecule has 13 heavy (non-hydrogen) atoms. The van der Waals surface area contributed by atoms with Gasteiger partial charge in [-0.2, -0.15) is 0 Å². The molecule has 0 bridgehead atoms. The van der Waals surface area contributed by atoms with Crippen molar-refractivity contribution < 1.29 is 0 Å². The smallest absolute Gasteiger partial charge is 0.0479 e. The van der Waals surface area contributed by atoms with Crippen molar-refractivity contribution in [2.24, 2.45) is 5.73 Å². The number of nitrogens with two attached hydrogens (primary N) is 1. The van der Waals surface area contributed by atoms with Gasteiger partial charge in [0.25, 0.3) is 0 Å². The summed E-state index contributed by atoms with van der Waals surface area (Å²) >= 11 is 0. The Labute approximate surface area is 85.0 Å². The van der Waals surface area contributed by atoms with Crippen molar-refractivity contribution in [3.05, 3.63) is 29.6 Å². The molecule has 1 aromatic rings. The van der Waals surface area contributed by atoms with Gasteiger partial charge in [0, 0.05) is 24.4 Å². The van der Waals surface area contributed by atoms with E-state index in [4.69, 9.17) is 5.73 Å². The van der Waals surface area contributed by atoms with E-state index in [-0.39, 0.29) is 12.4 Å². The quantitative estimate of drug-likeness (QED) is 0.792. The normalized spacial score (nSPS) is 16.1. The molecule has 0 saturated heterocycles. The first-order chi connectivity index (χ1) is 5.92. The van der Waals surface area contributed by atoms with Crippen LogP contribution in [0.25, 0.3) is 0 Å². The molecule has 0 aliphatic heterocycles. The molecule has 0 aromatic carbocycles. The molecule has 2 N–H and O–H groups in total. The van der Waals surface area contributed by atoms with Crippen LogP contribution in [0.3, 0.4) is 0 Å². The third kappa shape index (κ3) is 2.01. The zero-order valence-electron chi connectivity index (χ0n) is 7.57. The van der Waals surface area contributed by atoms with E-state index in [0.717, 1.165) is 0 Å². The molecular formula is C10H15ClN2. The van der Waals surface area contributed by atoms with Crippen LogP contribution in [0.15, 0.2) is 18.3 Å². The molecule has 1 saturated carbocycles. The van der Waals surface area contributed by atoms with Gasteiger partial charge in [-0.05, 0) is 24.5 Å². The van der Waals surface area contributed by atoms with Gasteiger partial charge in [-0.1, -0.05) is 12.5 Å². The second kappa shape index (κ2) is 4.58. The van der Waals surface area contributed by atoms with Crippen molar-refractivity contribution >= 4 is 12.4 Å². The fourth-order valence-electron chi connectivity index (χ4n) is 1.67. The Morgan fingerprint density at radius 3 is 2.77 bits per heavy atom. The predicted molar refractivity (Wildman–Crippen MR) is 56.0 cm³/mol. The van der Waals surface area contributed by atoms with E-state index < -0.39 is 0 Å². The molecule has 0 radical (unpaired) electrons. The average molecular weight is 199 g/mol. The zero-order valence-corrected chi connectivity index (χ0v) is 8.39. The Bertz CT molecular complexity index is 271. The van der Waals surface area contributed by atoms with E-state index in [1.807, 2.05) is 12.3 Å². The predicted octanol–water partition coefficient (Wildman–Crippen LogP) is 2.23. The van der Waals surface area contributed by atoms with Gasteiger partial charge in [0.2, 0.25) is 0 Å². The van der Waals surface area contributed by atoms with E-state index in [0.29, 0.717) is 12.5 Å². The fourth-order valence-corrected chi connectivity index (χ4v) is 1.67. The second-order valence-corrected chi connectivity index (χ2v) is 3.38. The van der Waals surface area contributed by atoms with E-state index in [1.165, 1.54) is 30.5 Å². The first kappa shape index (κ1) is 10.5. The Kier molecular flexibility index (Phi) is 3.70. The van der Waals surface area contributed by atoms with Crippen molar-refractivity contribution in [1.82, 2.24) is 4.98 Å². The minimum absolute atomic E-state index is 0. The molecule has 2 nitrogen and oxygen atoms in total. The van der Waals surface area contributed by atoms with Gasteiger partial charge in [-0.3, -0.25) is 4.98 Å². The summed E-state index contributed by atoms with van der Waals surface area (Å²) < 4.78 is 0. The average Bonchev–Trinajstić information content (AvgIpc) is 2.02. The molecule has 0 atom stereocenters. The number of halogens is 1. The minimum atomic E-state index is 0. The first-order valence-electron chi connectivity index (χ1n) is 4.55. The van der Waals surface area contributed by atoms with Crippen LogP contribution in [0.5, 0.6) is 0 Å². The first-order valence-corrected chi connectivity index (χ1v) is 4.55. The molecule has 2 rings (SSSR count). The van der Waals surface area contributed by atoms with Crippen LogP contribution in [0, 0.1) is 0 Å². The summed E-state index contributed by atoms with van der Waals surface area (Å²) in [5.74, 6) is 0.699. The van der Waals surface area contributed by atoms with Gasteiger partial charge < -0.3 is 5.73 Å². The SMILES string of the molecule is Cl.NCc1cccnc1C1CCC1. The van der Waals surface area contributed by atoms with Crippen LogP contribution in [0.2, 0.25) is 0 Å². The van der Waals surface area contributed by atoms with Gasteiger partial charge in [0.05, 0.1) is 0 Å². The van der Waals surface area contributed by atoms with Crippen molar-refractivity contribution in [2.75, 3.05) is 0 Å². The maximum atomic E-state index is 5.63. The van der Waals surface area contributed by atoms with Crippen molar-refractivity contribution in [3.8, 4) is 0 Å². The van der Waals surface area contributed by atoms with Crippen LogP contribution in [0.4, 0.5) is 0 Å². The van der Waals surface area contributed by atoms with E-state index in [2.05, 4.69) is 11.1 Å². The molecule has 1 fully saturated rings. The highest BCUT2D eigenvalue weighted by Gasteiger charge is 2.22. The standard InChI is InChI=1S/C10H14N2.ClH/c11-7-9-5-2-6-12-10(9)8-3-1-4-8;/h2,5-6,8H,1,3-4,7,11H2;1H. The van der Waals surface area contributed by atoms with Crippen LogP contribution < -0.4 is 5.73 Å². The van der Waals surface area contributed by atoms with E-state index >= 15 is 0 Å². The molecular weight excluding hydrogens is 184 g/mol. The highest BCUT2D eigenvalue weighted by atomic mass is 35.5. The van der Waals surface area contributed by atoms with Crippen LogP contribution in [-0.4, -0.2) is 4.98 Å². The fraction of sp³-hybridized carbons (Fsp3) is 0.500. The summed E-state index contributed by atoms with van der Waals surface area (Å²) in [5.41, 5.74) is 8.09. The Morgan fingerprint density at radius 1 is 1.46 bits per heavy atom. The van der Waals surface area contributed by atoms with E-state index in [9.17, 15) is 0 Å². The summed E-state index contributed by atoms with van der Waals surface area (Å²) in [4.78, 5) is 4.39. The molecule has 1 aromatic heterocycles. The molecule has 3 heteroatoms. The molecule has 0 unspecified atom stereocenters. The molecule has 1 heterocycles. The summed E-state index contributed by atoms with van der Waals surface area (Å²) in [6, 6.07) is 4.05. The number of pyridine rings is 1. The van der Waals surface area contributed by atoms with Crippen molar-refractivity contribution in [1.29, 1.82) is 0 Å². The van der Waals surface area contributed by atoms with E-state index in [1.54, 1.807) is 0 Å². The van der Waals surface area contributed by atoms with Crippen LogP contribution >= 0.6 is 12.4 Å². The zero-order chi connectivity index (χ0) is 8.39. The Hall–Kier alpha value is -0.600. The summed E-state index contributed by atoms with van der Waals surface area (Å²) in [7, 11) is 0. The Balaban J connectivity index is 0.000000845. The molecule has 0 spiro atoms. The van der Waals surface area contributed by atoms with Gasteiger partial charge in [-0.25, -0.2) is 0 Å². The van der Waals surface area contributed by atoms with Crippen molar-refractivity contribution in [2.45, 2.75) is 31.7 Å². The second-order valence-electron chi connectivity index (χ2n) is 3.38. The Morgan fingerprint density at radius 2 is 2.23 bits per heavy atom. The third-order valence-electron chi connectivity index (χ3n) is 2.64. The number of aromatic nitrogens is 1. The molecule has 0 amide bonds. The largest absolute Gasteiger partial charge is 0.326 e. The topological polar surface area (TPSA) is 38.9 Å². The lowest BCUT2D eigenvalue weighted by Gasteiger charge is -2.26. The van der Waals surface area contributed by atoms with Gasteiger partial charge in [0.15, 0.2) is 0 Å². The maximum Gasteiger partial charge on any atom is 0.0479 e. The molecule has 1 aliphatic carbocycles. The van der Waals surface area contributed by atoms with Crippen molar-refractivity contribution in [3.63, 3.8) is 0 Å². The lowest BCUT2D eigenvalue weighted by atomic mass is 9.81. The van der Waals surface area contributed by atoms with Gasteiger partial charge in [-0.15, -0.1) is 12.4 Å². The van der Waals surface area contributed by atoms with Crippen LogP contribution in [0.1, 0.15) is 36.4 Å². The lowest BCUT2D eigenvalue weighted by molar-refractivity contribution is 0.408. The highest BCUT2D eigenvalue weighted by molar-refractivity contribution is 5.85.